The van der Waals surface area contributed by atoms with Gasteiger partial charge in [-0.1, -0.05) is 42.5 Å². The molecule has 0 saturated carbocycles. The monoisotopic (exact) mass is 393 g/mol. The summed E-state index contributed by atoms with van der Waals surface area (Å²) in [6.07, 6.45) is 0. The molecule has 7 heteroatoms. The summed E-state index contributed by atoms with van der Waals surface area (Å²) in [5, 5.41) is 5.35. The van der Waals surface area contributed by atoms with Crippen molar-refractivity contribution < 1.29 is 14.3 Å². The zero-order chi connectivity index (χ0) is 19.3. The fourth-order valence-corrected chi connectivity index (χ4v) is 3.80. The number of amides is 2. The molecule has 1 N–H and O–H groups in total. The number of nitrogens with one attached hydrogen (secondary N) is 1. The highest BCUT2D eigenvalue weighted by Gasteiger charge is 2.22. The number of ether oxygens (including phenoxy) is 1. The van der Waals surface area contributed by atoms with Gasteiger partial charge in [-0.05, 0) is 12.1 Å². The van der Waals surface area contributed by atoms with Gasteiger partial charge >= 0.3 is 0 Å². The van der Waals surface area contributed by atoms with Crippen LogP contribution in [0.25, 0.3) is 10.6 Å². The van der Waals surface area contributed by atoms with E-state index in [1.165, 1.54) is 11.3 Å². The molecule has 1 aliphatic heterocycles. The van der Waals surface area contributed by atoms with Crippen LogP contribution in [0.1, 0.15) is 20.8 Å². The van der Waals surface area contributed by atoms with E-state index in [1.807, 2.05) is 30.3 Å². The van der Waals surface area contributed by atoms with Gasteiger partial charge in [0.15, 0.2) is 0 Å². The Balaban J connectivity index is 1.52. The van der Waals surface area contributed by atoms with Crippen LogP contribution in [-0.2, 0) is 4.74 Å². The number of rotatable bonds is 4. The maximum Gasteiger partial charge on any atom is 0.275 e. The first-order valence-electron chi connectivity index (χ1n) is 9.01. The number of hydrogen-bond acceptors (Lipinski definition) is 5. The van der Waals surface area contributed by atoms with Gasteiger partial charge in [0.2, 0.25) is 0 Å². The second-order valence-electron chi connectivity index (χ2n) is 6.31. The molecule has 1 aromatic heterocycles. The number of anilines is 1. The number of carbonyl (C=O) groups excluding carboxylic acids is 2. The molecule has 2 heterocycles. The predicted molar refractivity (Wildman–Crippen MR) is 109 cm³/mol. The van der Waals surface area contributed by atoms with Crippen LogP contribution in [-0.4, -0.2) is 48.0 Å². The van der Waals surface area contributed by atoms with Gasteiger partial charge < -0.3 is 15.0 Å². The zero-order valence-corrected chi connectivity index (χ0v) is 15.9. The molecule has 0 aliphatic carbocycles. The second kappa shape index (κ2) is 8.33. The van der Waals surface area contributed by atoms with E-state index in [1.54, 1.807) is 34.5 Å². The fourth-order valence-electron chi connectivity index (χ4n) is 2.99. The lowest BCUT2D eigenvalue weighted by molar-refractivity contribution is 0.0303. The Hall–Kier alpha value is -3.03. The van der Waals surface area contributed by atoms with E-state index in [0.717, 1.165) is 10.6 Å². The molecule has 0 spiro atoms. The third-order valence-electron chi connectivity index (χ3n) is 4.46. The molecule has 4 rings (SSSR count). The van der Waals surface area contributed by atoms with Crippen LogP contribution in [0.4, 0.5) is 5.69 Å². The Bertz CT molecular complexity index is 981. The summed E-state index contributed by atoms with van der Waals surface area (Å²) in [6, 6.07) is 16.8. The Kier molecular flexibility index (Phi) is 5.45. The Morgan fingerprint density at radius 3 is 2.50 bits per heavy atom. The highest BCUT2D eigenvalue weighted by molar-refractivity contribution is 7.13. The van der Waals surface area contributed by atoms with Crippen molar-refractivity contribution in [1.82, 2.24) is 9.88 Å². The minimum absolute atomic E-state index is 0.109. The quantitative estimate of drug-likeness (QED) is 0.736. The molecule has 1 fully saturated rings. The lowest BCUT2D eigenvalue weighted by Gasteiger charge is -2.27. The van der Waals surface area contributed by atoms with Crippen LogP contribution in [0.5, 0.6) is 0 Å². The molecule has 0 radical (unpaired) electrons. The Labute approximate surface area is 166 Å². The number of thiazole rings is 1. The summed E-state index contributed by atoms with van der Waals surface area (Å²) < 4.78 is 5.31. The van der Waals surface area contributed by atoms with E-state index in [2.05, 4.69) is 10.3 Å². The van der Waals surface area contributed by atoms with Crippen molar-refractivity contribution in [1.29, 1.82) is 0 Å². The van der Waals surface area contributed by atoms with Crippen LogP contribution < -0.4 is 5.32 Å². The summed E-state index contributed by atoms with van der Waals surface area (Å²) in [5.41, 5.74) is 2.25. The van der Waals surface area contributed by atoms with Crippen LogP contribution in [0, 0.1) is 0 Å². The van der Waals surface area contributed by atoms with E-state index in [-0.39, 0.29) is 11.8 Å². The van der Waals surface area contributed by atoms with Gasteiger partial charge in [-0.15, -0.1) is 11.3 Å². The molecule has 0 unspecified atom stereocenters. The molecule has 6 nitrogen and oxygen atoms in total. The highest BCUT2D eigenvalue weighted by atomic mass is 32.1. The van der Waals surface area contributed by atoms with Crippen LogP contribution in [0.15, 0.2) is 60.0 Å². The number of aromatic nitrogens is 1. The van der Waals surface area contributed by atoms with Gasteiger partial charge in [0.25, 0.3) is 11.8 Å². The van der Waals surface area contributed by atoms with Crippen molar-refractivity contribution in [3.63, 3.8) is 0 Å². The standard InChI is InChI=1S/C21H19N3O3S/c25-19(18-14-28-20(23-18)15-6-2-1-3-7-15)22-17-9-5-4-8-16(17)21(26)24-10-12-27-13-11-24/h1-9,14H,10-13H2,(H,22,25). The summed E-state index contributed by atoms with van der Waals surface area (Å²) >= 11 is 1.41. The van der Waals surface area contributed by atoms with Crippen LogP contribution in [0.2, 0.25) is 0 Å². The minimum atomic E-state index is -0.333. The first kappa shape index (κ1) is 18.3. The van der Waals surface area contributed by atoms with Gasteiger partial charge in [-0.2, -0.15) is 0 Å². The number of para-hydroxylation sites is 1. The molecule has 0 atom stereocenters. The minimum Gasteiger partial charge on any atom is -0.378 e. The smallest absolute Gasteiger partial charge is 0.275 e. The van der Waals surface area contributed by atoms with E-state index in [9.17, 15) is 9.59 Å². The number of morpholine rings is 1. The van der Waals surface area contributed by atoms with Crippen molar-refractivity contribution in [3.8, 4) is 10.6 Å². The SMILES string of the molecule is O=C(Nc1ccccc1C(=O)N1CCOCC1)c1csc(-c2ccccc2)n1. The van der Waals surface area contributed by atoms with E-state index < -0.39 is 0 Å². The Morgan fingerprint density at radius 2 is 1.71 bits per heavy atom. The highest BCUT2D eigenvalue weighted by Crippen LogP contribution is 2.24. The molecule has 28 heavy (non-hydrogen) atoms. The molecule has 2 amide bonds. The largest absolute Gasteiger partial charge is 0.378 e. The van der Waals surface area contributed by atoms with Crippen molar-refractivity contribution in [2.75, 3.05) is 31.6 Å². The maximum atomic E-state index is 12.8. The first-order chi connectivity index (χ1) is 13.7. The van der Waals surface area contributed by atoms with Crippen molar-refractivity contribution in [2.24, 2.45) is 0 Å². The summed E-state index contributed by atoms with van der Waals surface area (Å²) in [6.45, 7) is 2.16. The maximum absolute atomic E-state index is 12.8. The summed E-state index contributed by atoms with van der Waals surface area (Å²) in [7, 11) is 0. The van der Waals surface area contributed by atoms with Crippen molar-refractivity contribution in [3.05, 3.63) is 71.2 Å². The normalized spacial score (nSPS) is 13.9. The van der Waals surface area contributed by atoms with Crippen LogP contribution in [0.3, 0.4) is 0 Å². The number of hydrogen-bond donors (Lipinski definition) is 1. The van der Waals surface area contributed by atoms with E-state index in [0.29, 0.717) is 43.2 Å². The lowest BCUT2D eigenvalue weighted by atomic mass is 10.1. The predicted octanol–water partition coefficient (Wildman–Crippen LogP) is 3.53. The molecule has 2 aromatic carbocycles. The molecule has 1 saturated heterocycles. The van der Waals surface area contributed by atoms with E-state index in [4.69, 9.17) is 4.74 Å². The summed E-state index contributed by atoms with van der Waals surface area (Å²) in [5.74, 6) is -0.442. The third-order valence-corrected chi connectivity index (χ3v) is 5.35. The van der Waals surface area contributed by atoms with Crippen molar-refractivity contribution in [2.45, 2.75) is 0 Å². The Morgan fingerprint density at radius 1 is 1.00 bits per heavy atom. The molecule has 1 aliphatic rings. The third kappa shape index (κ3) is 3.95. The second-order valence-corrected chi connectivity index (χ2v) is 7.17. The molecular weight excluding hydrogens is 374 g/mol. The van der Waals surface area contributed by atoms with Gasteiger partial charge in [0, 0.05) is 24.0 Å². The number of carbonyl (C=O) groups is 2. The van der Waals surface area contributed by atoms with Gasteiger partial charge in [-0.25, -0.2) is 4.98 Å². The average molecular weight is 393 g/mol. The van der Waals surface area contributed by atoms with Crippen LogP contribution >= 0.6 is 11.3 Å². The molecule has 0 bridgehead atoms. The average Bonchev–Trinajstić information content (AvgIpc) is 3.25. The molecular formula is C21H19N3O3S. The van der Waals surface area contributed by atoms with Gasteiger partial charge in [0.05, 0.1) is 24.5 Å². The topological polar surface area (TPSA) is 71.5 Å². The number of benzene rings is 2. The van der Waals surface area contributed by atoms with Crippen molar-refractivity contribution >= 4 is 28.8 Å². The fraction of sp³-hybridized carbons (Fsp3) is 0.190. The van der Waals surface area contributed by atoms with Gasteiger partial charge in [0.1, 0.15) is 10.7 Å². The lowest BCUT2D eigenvalue weighted by Crippen LogP contribution is -2.41. The molecule has 3 aromatic rings. The number of nitrogens with zero attached hydrogens (tertiary/aromatic N) is 2. The molecule has 142 valence electrons. The van der Waals surface area contributed by atoms with E-state index >= 15 is 0 Å². The summed E-state index contributed by atoms with van der Waals surface area (Å²) in [4.78, 5) is 31.7. The first-order valence-corrected chi connectivity index (χ1v) is 9.89. The zero-order valence-electron chi connectivity index (χ0n) is 15.1. The van der Waals surface area contributed by atoms with Gasteiger partial charge in [-0.3, -0.25) is 9.59 Å².